The Balaban J connectivity index is 4.50. The predicted octanol–water partition coefficient (Wildman–Crippen LogP) is -0.269. The molecule has 118 valence electrons. The van der Waals surface area contributed by atoms with E-state index in [2.05, 4.69) is 0 Å². The molecule has 0 aromatic heterocycles. The average molecular weight is 292 g/mol. The lowest BCUT2D eigenvalue weighted by atomic mass is 10.2. The number of esters is 1. The standard InChI is InChI=1S/C13H26NO6/c1-5-12(18)13(19)20-8-6-7-14(9(2)15,10(3)16)11(4)17/h9-11,15-17H,5-8H2,1-4H3/q+1. The van der Waals surface area contributed by atoms with Crippen LogP contribution < -0.4 is 0 Å². The second-order valence-electron chi connectivity index (χ2n) is 4.88. The summed E-state index contributed by atoms with van der Waals surface area (Å²) in [5, 5.41) is 29.5. The van der Waals surface area contributed by atoms with Crippen molar-refractivity contribution in [3.05, 3.63) is 0 Å². The number of carbonyl (C=O) groups is 2. The number of aliphatic hydroxyl groups excluding tert-OH is 3. The first-order valence-corrected chi connectivity index (χ1v) is 6.81. The van der Waals surface area contributed by atoms with Gasteiger partial charge < -0.3 is 20.1 Å². The van der Waals surface area contributed by atoms with Crippen LogP contribution in [0.3, 0.4) is 0 Å². The normalized spacial score (nSPS) is 18.8. The van der Waals surface area contributed by atoms with Crippen molar-refractivity contribution in [2.75, 3.05) is 13.2 Å². The van der Waals surface area contributed by atoms with Crippen LogP contribution >= 0.6 is 0 Å². The lowest BCUT2D eigenvalue weighted by molar-refractivity contribution is -1.04. The molecule has 0 rings (SSSR count). The molecule has 0 aromatic carbocycles. The molecule has 0 aromatic rings. The molecular weight excluding hydrogens is 266 g/mol. The first-order chi connectivity index (χ1) is 9.20. The number of nitrogens with zero attached hydrogens (tertiary/aromatic N) is 1. The minimum Gasteiger partial charge on any atom is -0.460 e. The summed E-state index contributed by atoms with van der Waals surface area (Å²) in [7, 11) is 0. The van der Waals surface area contributed by atoms with E-state index in [0.717, 1.165) is 0 Å². The molecule has 0 saturated heterocycles. The number of carbonyl (C=O) groups excluding carboxylic acids is 2. The van der Waals surface area contributed by atoms with Gasteiger partial charge in [-0.2, -0.15) is 0 Å². The van der Waals surface area contributed by atoms with E-state index in [9.17, 15) is 24.9 Å². The summed E-state index contributed by atoms with van der Waals surface area (Å²) in [6.45, 7) is 6.21. The zero-order chi connectivity index (χ0) is 15.9. The van der Waals surface area contributed by atoms with Crippen molar-refractivity contribution in [1.82, 2.24) is 0 Å². The van der Waals surface area contributed by atoms with Gasteiger partial charge in [0.25, 0.3) is 0 Å². The first kappa shape index (κ1) is 19.0. The minimum absolute atomic E-state index is 0.00324. The molecule has 0 amide bonds. The number of aliphatic hydroxyl groups is 3. The van der Waals surface area contributed by atoms with Crippen molar-refractivity contribution in [3.63, 3.8) is 0 Å². The summed E-state index contributed by atoms with van der Waals surface area (Å²) in [5.41, 5.74) is 0. The quantitative estimate of drug-likeness (QED) is 0.178. The highest BCUT2D eigenvalue weighted by Gasteiger charge is 2.41. The molecule has 3 N–H and O–H groups in total. The molecule has 0 saturated carbocycles. The van der Waals surface area contributed by atoms with Gasteiger partial charge in [0.15, 0.2) is 18.7 Å². The van der Waals surface area contributed by atoms with Crippen molar-refractivity contribution in [3.8, 4) is 0 Å². The largest absolute Gasteiger partial charge is 0.460 e. The van der Waals surface area contributed by atoms with Gasteiger partial charge in [0, 0.05) is 33.6 Å². The fourth-order valence-corrected chi connectivity index (χ4v) is 2.23. The monoisotopic (exact) mass is 292 g/mol. The molecule has 0 aliphatic carbocycles. The van der Waals surface area contributed by atoms with Crippen LogP contribution in [0, 0.1) is 0 Å². The molecule has 0 bridgehead atoms. The summed E-state index contributed by atoms with van der Waals surface area (Å²) < 4.78 is 4.45. The van der Waals surface area contributed by atoms with Crippen LogP contribution in [0.25, 0.3) is 0 Å². The first-order valence-electron chi connectivity index (χ1n) is 6.81. The second kappa shape index (κ2) is 8.31. The average Bonchev–Trinajstić information content (AvgIpc) is 2.35. The predicted molar refractivity (Wildman–Crippen MR) is 71.0 cm³/mol. The van der Waals surface area contributed by atoms with E-state index in [4.69, 9.17) is 4.74 Å². The summed E-state index contributed by atoms with van der Waals surface area (Å²) in [6, 6.07) is 0. The molecule has 0 aliphatic heterocycles. The van der Waals surface area contributed by atoms with E-state index >= 15 is 0 Å². The van der Waals surface area contributed by atoms with Crippen LogP contribution in [0.5, 0.6) is 0 Å². The maximum atomic E-state index is 11.2. The third-order valence-electron chi connectivity index (χ3n) is 3.56. The van der Waals surface area contributed by atoms with Gasteiger partial charge in [-0.05, 0) is 0 Å². The van der Waals surface area contributed by atoms with Gasteiger partial charge in [-0.15, -0.1) is 0 Å². The van der Waals surface area contributed by atoms with Crippen molar-refractivity contribution < 1.29 is 34.1 Å². The molecule has 7 heteroatoms. The smallest absolute Gasteiger partial charge is 0.374 e. The minimum atomic E-state index is -0.983. The Hall–Kier alpha value is -1.02. The van der Waals surface area contributed by atoms with Gasteiger partial charge in [-0.1, -0.05) is 6.92 Å². The molecule has 0 spiro atoms. The summed E-state index contributed by atoms with van der Waals surface area (Å²) in [4.78, 5) is 22.2. The van der Waals surface area contributed by atoms with E-state index in [-0.39, 0.29) is 24.1 Å². The fourth-order valence-electron chi connectivity index (χ4n) is 2.23. The van der Waals surface area contributed by atoms with E-state index in [1.54, 1.807) is 6.92 Å². The topological polar surface area (TPSA) is 104 Å². The van der Waals surface area contributed by atoms with Crippen molar-refractivity contribution >= 4 is 11.8 Å². The second-order valence-corrected chi connectivity index (χ2v) is 4.88. The Bertz CT molecular complexity index is 305. The maximum absolute atomic E-state index is 11.2. The summed E-state index contributed by atoms with van der Waals surface area (Å²) in [6.07, 6.45) is -2.55. The Morgan fingerprint density at radius 1 is 1.05 bits per heavy atom. The van der Waals surface area contributed by atoms with Crippen LogP contribution in [-0.2, 0) is 14.3 Å². The molecule has 3 atom stereocenters. The fraction of sp³-hybridized carbons (Fsp3) is 0.846. The summed E-state index contributed by atoms with van der Waals surface area (Å²) >= 11 is 0. The van der Waals surface area contributed by atoms with Gasteiger partial charge in [-0.25, -0.2) is 9.28 Å². The molecule has 0 radical (unpaired) electrons. The van der Waals surface area contributed by atoms with Crippen LogP contribution in [0.4, 0.5) is 0 Å². The molecule has 20 heavy (non-hydrogen) atoms. The number of hydrogen-bond donors (Lipinski definition) is 3. The Morgan fingerprint density at radius 3 is 1.85 bits per heavy atom. The van der Waals surface area contributed by atoms with Crippen LogP contribution in [0.15, 0.2) is 0 Å². The third kappa shape index (κ3) is 4.52. The van der Waals surface area contributed by atoms with E-state index in [1.165, 1.54) is 20.8 Å². The van der Waals surface area contributed by atoms with E-state index in [0.29, 0.717) is 6.42 Å². The van der Waals surface area contributed by atoms with E-state index in [1.807, 2.05) is 0 Å². The Kier molecular flexibility index (Phi) is 7.88. The molecule has 3 unspecified atom stereocenters. The summed E-state index contributed by atoms with van der Waals surface area (Å²) in [5.74, 6) is -1.47. The SMILES string of the molecule is CCC(=O)C(=O)OCCC[N+](C(C)O)(C(C)O)C(C)O. The molecule has 0 fully saturated rings. The number of ketones is 1. The van der Waals surface area contributed by atoms with Gasteiger partial charge >= 0.3 is 5.97 Å². The van der Waals surface area contributed by atoms with Crippen molar-refractivity contribution in [1.29, 1.82) is 0 Å². The van der Waals surface area contributed by atoms with Crippen molar-refractivity contribution in [2.24, 2.45) is 0 Å². The highest BCUT2D eigenvalue weighted by atomic mass is 16.5. The molecule has 0 aliphatic rings. The number of Topliss-reactive ketones (excluding diaryl/α,β-unsaturated/α-hetero) is 1. The number of ether oxygens (including phenoxy) is 1. The van der Waals surface area contributed by atoms with Gasteiger partial charge in [0.1, 0.15) is 0 Å². The Labute approximate surface area is 119 Å². The highest BCUT2D eigenvalue weighted by Crippen LogP contribution is 2.21. The molecular formula is C13H26NO6+. The lowest BCUT2D eigenvalue weighted by Crippen LogP contribution is -2.65. The van der Waals surface area contributed by atoms with Gasteiger partial charge in [0.05, 0.1) is 13.2 Å². The van der Waals surface area contributed by atoms with Gasteiger partial charge in [-0.3, -0.25) is 4.79 Å². The van der Waals surface area contributed by atoms with Crippen LogP contribution in [0.1, 0.15) is 40.5 Å². The lowest BCUT2D eigenvalue weighted by Gasteiger charge is -2.45. The zero-order valence-electron chi connectivity index (χ0n) is 12.6. The number of rotatable bonds is 9. The Morgan fingerprint density at radius 2 is 1.50 bits per heavy atom. The van der Waals surface area contributed by atoms with Crippen LogP contribution in [-0.4, -0.2) is 63.4 Å². The zero-order valence-corrected chi connectivity index (χ0v) is 12.6. The van der Waals surface area contributed by atoms with E-state index < -0.39 is 30.4 Å². The molecule has 0 heterocycles. The highest BCUT2D eigenvalue weighted by molar-refractivity contribution is 6.33. The maximum Gasteiger partial charge on any atom is 0.374 e. The van der Waals surface area contributed by atoms with Crippen LogP contribution in [0.2, 0.25) is 0 Å². The number of hydrogen-bond acceptors (Lipinski definition) is 6. The number of quaternary nitrogens is 1. The molecule has 7 nitrogen and oxygen atoms in total. The van der Waals surface area contributed by atoms with Gasteiger partial charge in [0.2, 0.25) is 5.78 Å². The third-order valence-corrected chi connectivity index (χ3v) is 3.56. The van der Waals surface area contributed by atoms with Crippen molar-refractivity contribution in [2.45, 2.75) is 59.2 Å².